The summed E-state index contributed by atoms with van der Waals surface area (Å²) in [6.45, 7) is 16.8. The van der Waals surface area contributed by atoms with Gasteiger partial charge in [-0.1, -0.05) is 55.4 Å². The van der Waals surface area contributed by atoms with E-state index in [4.69, 9.17) is 9.47 Å². The molecule has 0 aliphatic heterocycles. The summed E-state index contributed by atoms with van der Waals surface area (Å²) < 4.78 is 10.7. The van der Waals surface area contributed by atoms with Gasteiger partial charge < -0.3 is 9.47 Å². The van der Waals surface area contributed by atoms with E-state index in [2.05, 4.69) is 27.7 Å². The van der Waals surface area contributed by atoms with Gasteiger partial charge in [0.2, 0.25) is 0 Å². The van der Waals surface area contributed by atoms with E-state index in [0.717, 1.165) is 5.57 Å². The average molecular weight is 341 g/mol. The fraction of sp³-hybridized carbons (Fsp3) is 0.800. The topological polar surface area (TPSA) is 52.6 Å². The second-order valence-corrected chi connectivity index (χ2v) is 8.16. The van der Waals surface area contributed by atoms with Crippen LogP contribution in [0.1, 0.15) is 68.2 Å². The lowest BCUT2D eigenvalue weighted by atomic mass is 9.91. The summed E-state index contributed by atoms with van der Waals surface area (Å²) >= 11 is 0. The fourth-order valence-corrected chi connectivity index (χ4v) is 2.27. The standard InChI is InChI=1S/C20H36O4/c1-13(2)9-17(10-14(3)4)18(19(21)23-11-15(5)6)20(22)24-12-16(7)8/h13-16H,9-12H2,1-8H3. The van der Waals surface area contributed by atoms with Crippen molar-refractivity contribution in [1.29, 1.82) is 0 Å². The van der Waals surface area contributed by atoms with Crippen LogP contribution in [0.25, 0.3) is 0 Å². The van der Waals surface area contributed by atoms with E-state index in [1.165, 1.54) is 0 Å². The molecule has 0 unspecified atom stereocenters. The molecule has 0 aromatic rings. The number of allylic oxidation sites excluding steroid dienone is 1. The van der Waals surface area contributed by atoms with Crippen LogP contribution in [0.2, 0.25) is 0 Å². The van der Waals surface area contributed by atoms with E-state index in [-0.39, 0.29) is 17.4 Å². The molecule has 0 atom stereocenters. The maximum absolute atomic E-state index is 12.6. The third kappa shape index (κ3) is 9.74. The first-order chi connectivity index (χ1) is 11.0. The van der Waals surface area contributed by atoms with Crippen LogP contribution in [-0.4, -0.2) is 25.2 Å². The Morgan fingerprint density at radius 2 is 0.958 bits per heavy atom. The van der Waals surface area contributed by atoms with Crippen molar-refractivity contribution in [3.05, 3.63) is 11.1 Å². The Bertz CT molecular complexity index is 393. The van der Waals surface area contributed by atoms with E-state index in [0.29, 0.717) is 37.9 Å². The first-order valence-corrected chi connectivity index (χ1v) is 9.10. The largest absolute Gasteiger partial charge is 0.462 e. The molecule has 140 valence electrons. The molecular formula is C20H36O4. The van der Waals surface area contributed by atoms with Gasteiger partial charge in [-0.05, 0) is 42.1 Å². The molecule has 0 heterocycles. The smallest absolute Gasteiger partial charge is 0.345 e. The molecule has 24 heavy (non-hydrogen) atoms. The Morgan fingerprint density at radius 3 is 1.21 bits per heavy atom. The summed E-state index contributed by atoms with van der Waals surface area (Å²) in [6.07, 6.45) is 1.39. The van der Waals surface area contributed by atoms with Crippen molar-refractivity contribution in [2.75, 3.05) is 13.2 Å². The molecule has 0 aromatic heterocycles. The molecule has 0 rings (SSSR count). The predicted octanol–water partition coefficient (Wildman–Crippen LogP) is 4.77. The Kier molecular flexibility index (Phi) is 10.7. The molecule has 0 aromatic carbocycles. The minimum Gasteiger partial charge on any atom is -0.462 e. The van der Waals surface area contributed by atoms with Crippen molar-refractivity contribution in [2.45, 2.75) is 68.2 Å². The van der Waals surface area contributed by atoms with E-state index in [1.54, 1.807) is 0 Å². The van der Waals surface area contributed by atoms with Crippen LogP contribution in [0.15, 0.2) is 11.1 Å². The molecule has 4 heteroatoms. The molecule has 4 nitrogen and oxygen atoms in total. The zero-order valence-corrected chi connectivity index (χ0v) is 16.8. The lowest BCUT2D eigenvalue weighted by Crippen LogP contribution is -2.24. The summed E-state index contributed by atoms with van der Waals surface area (Å²) in [5.74, 6) is 0.0534. The lowest BCUT2D eigenvalue weighted by Gasteiger charge is -2.18. The van der Waals surface area contributed by atoms with Gasteiger partial charge in [-0.3, -0.25) is 0 Å². The number of esters is 2. The van der Waals surface area contributed by atoms with Gasteiger partial charge in [-0.2, -0.15) is 0 Å². The van der Waals surface area contributed by atoms with E-state index < -0.39 is 11.9 Å². The minimum atomic E-state index is -0.547. The monoisotopic (exact) mass is 340 g/mol. The molecule has 0 saturated heterocycles. The first kappa shape index (κ1) is 22.7. The minimum absolute atomic E-state index is 0.110. The highest BCUT2D eigenvalue weighted by molar-refractivity contribution is 6.14. The molecule has 0 aliphatic carbocycles. The van der Waals surface area contributed by atoms with Gasteiger partial charge in [-0.25, -0.2) is 9.59 Å². The van der Waals surface area contributed by atoms with Crippen molar-refractivity contribution in [3.63, 3.8) is 0 Å². The van der Waals surface area contributed by atoms with E-state index in [9.17, 15) is 9.59 Å². The molecule has 0 aliphatic rings. The molecule has 0 bridgehead atoms. The summed E-state index contributed by atoms with van der Waals surface area (Å²) in [6, 6.07) is 0. The van der Waals surface area contributed by atoms with Gasteiger partial charge in [0.1, 0.15) is 5.57 Å². The molecule has 0 fully saturated rings. The van der Waals surface area contributed by atoms with Gasteiger partial charge in [0, 0.05) is 0 Å². The second-order valence-electron chi connectivity index (χ2n) is 8.16. The number of carbonyl (C=O) groups excluding carboxylic acids is 2. The third-order valence-corrected chi connectivity index (χ3v) is 3.17. The number of rotatable bonds is 10. The molecular weight excluding hydrogens is 304 g/mol. The molecule has 0 spiro atoms. The fourth-order valence-electron chi connectivity index (χ4n) is 2.27. The number of carbonyl (C=O) groups is 2. The summed E-state index contributed by atoms with van der Waals surface area (Å²) in [5.41, 5.74) is 0.959. The SMILES string of the molecule is CC(C)COC(=O)C(C(=O)OCC(C)C)=C(CC(C)C)CC(C)C. The number of ether oxygens (including phenoxy) is 2. The van der Waals surface area contributed by atoms with Gasteiger partial charge >= 0.3 is 11.9 Å². The van der Waals surface area contributed by atoms with Crippen LogP contribution in [0, 0.1) is 23.7 Å². The summed E-state index contributed by atoms with van der Waals surface area (Å²) in [7, 11) is 0. The third-order valence-electron chi connectivity index (χ3n) is 3.17. The van der Waals surface area contributed by atoms with Crippen molar-refractivity contribution in [1.82, 2.24) is 0 Å². The summed E-state index contributed by atoms with van der Waals surface area (Å²) in [4.78, 5) is 25.1. The van der Waals surface area contributed by atoms with Gasteiger partial charge in [0.25, 0.3) is 0 Å². The number of hydrogen-bond donors (Lipinski definition) is 0. The molecule has 0 amide bonds. The highest BCUT2D eigenvalue weighted by Gasteiger charge is 2.27. The van der Waals surface area contributed by atoms with Crippen LogP contribution in [0.4, 0.5) is 0 Å². The first-order valence-electron chi connectivity index (χ1n) is 9.10. The number of hydrogen-bond acceptors (Lipinski definition) is 4. The van der Waals surface area contributed by atoms with Crippen molar-refractivity contribution >= 4 is 11.9 Å². The molecule has 0 saturated carbocycles. The highest BCUT2D eigenvalue weighted by atomic mass is 16.6. The van der Waals surface area contributed by atoms with Crippen LogP contribution in [-0.2, 0) is 19.1 Å². The van der Waals surface area contributed by atoms with Crippen molar-refractivity contribution in [3.8, 4) is 0 Å². The van der Waals surface area contributed by atoms with E-state index >= 15 is 0 Å². The average Bonchev–Trinajstić information content (AvgIpc) is 2.41. The molecule has 0 N–H and O–H groups in total. The van der Waals surface area contributed by atoms with E-state index in [1.807, 2.05) is 27.7 Å². The van der Waals surface area contributed by atoms with Crippen LogP contribution < -0.4 is 0 Å². The van der Waals surface area contributed by atoms with Crippen LogP contribution in [0.3, 0.4) is 0 Å². The summed E-state index contributed by atoms with van der Waals surface area (Å²) in [5, 5.41) is 0. The maximum Gasteiger partial charge on any atom is 0.345 e. The molecule has 0 radical (unpaired) electrons. The van der Waals surface area contributed by atoms with Crippen LogP contribution >= 0.6 is 0 Å². The predicted molar refractivity (Wildman–Crippen MR) is 97.5 cm³/mol. The zero-order chi connectivity index (χ0) is 18.9. The Morgan fingerprint density at radius 1 is 0.625 bits per heavy atom. The van der Waals surface area contributed by atoms with Crippen molar-refractivity contribution < 1.29 is 19.1 Å². The highest BCUT2D eigenvalue weighted by Crippen LogP contribution is 2.25. The van der Waals surface area contributed by atoms with Crippen LogP contribution in [0.5, 0.6) is 0 Å². The maximum atomic E-state index is 12.6. The van der Waals surface area contributed by atoms with Gasteiger partial charge in [0.05, 0.1) is 13.2 Å². The zero-order valence-electron chi connectivity index (χ0n) is 16.8. The lowest BCUT2D eigenvalue weighted by molar-refractivity contribution is -0.148. The Balaban J connectivity index is 5.60. The Labute approximate surface area is 148 Å². The normalized spacial score (nSPS) is 11.3. The van der Waals surface area contributed by atoms with Crippen molar-refractivity contribution in [2.24, 2.45) is 23.7 Å². The quantitative estimate of drug-likeness (QED) is 0.249. The Hall–Kier alpha value is -1.32. The van der Waals surface area contributed by atoms with Gasteiger partial charge in [-0.15, -0.1) is 0 Å². The second kappa shape index (κ2) is 11.3. The van der Waals surface area contributed by atoms with Gasteiger partial charge in [0.15, 0.2) is 0 Å².